The van der Waals surface area contributed by atoms with Crippen molar-refractivity contribution in [1.82, 2.24) is 4.98 Å². The minimum absolute atomic E-state index is 0.264. The van der Waals surface area contributed by atoms with Crippen LogP contribution in [0.5, 0.6) is 5.75 Å². The first-order chi connectivity index (χ1) is 10.3. The Labute approximate surface area is 124 Å². The highest BCUT2D eigenvalue weighted by Gasteiger charge is 2.07. The lowest BCUT2D eigenvalue weighted by molar-refractivity contribution is 0.477. The van der Waals surface area contributed by atoms with E-state index in [0.717, 1.165) is 22.4 Å². The molecule has 102 valence electrons. The molecule has 2 heteroatoms. The molecule has 0 atom stereocenters. The van der Waals surface area contributed by atoms with E-state index in [1.807, 2.05) is 72.8 Å². The molecule has 3 rings (SSSR count). The maximum atomic E-state index is 10.0. The van der Waals surface area contributed by atoms with Crippen molar-refractivity contribution < 1.29 is 5.11 Å². The van der Waals surface area contributed by atoms with E-state index in [9.17, 15) is 5.11 Å². The van der Waals surface area contributed by atoms with Gasteiger partial charge in [-0.15, -0.1) is 0 Å². The average Bonchev–Trinajstić information content (AvgIpc) is 2.55. The van der Waals surface area contributed by atoms with Crippen LogP contribution in [0.15, 0.2) is 72.9 Å². The fourth-order valence-corrected chi connectivity index (χ4v) is 2.22. The van der Waals surface area contributed by atoms with E-state index < -0.39 is 0 Å². The molecule has 0 radical (unpaired) electrons. The molecule has 2 aromatic carbocycles. The summed E-state index contributed by atoms with van der Waals surface area (Å²) in [5, 5.41) is 10.0. The van der Waals surface area contributed by atoms with Crippen LogP contribution >= 0.6 is 0 Å². The zero-order valence-corrected chi connectivity index (χ0v) is 11.5. The Hall–Kier alpha value is -2.87. The Bertz CT molecular complexity index is 763. The van der Waals surface area contributed by atoms with Gasteiger partial charge in [0.05, 0.1) is 5.69 Å². The van der Waals surface area contributed by atoms with Crippen LogP contribution in [0.4, 0.5) is 0 Å². The van der Waals surface area contributed by atoms with Crippen LogP contribution in [-0.2, 0) is 0 Å². The van der Waals surface area contributed by atoms with Crippen LogP contribution in [0.2, 0.25) is 0 Å². The second-order valence-corrected chi connectivity index (χ2v) is 4.70. The van der Waals surface area contributed by atoms with Gasteiger partial charge in [0.25, 0.3) is 0 Å². The van der Waals surface area contributed by atoms with Crippen molar-refractivity contribution in [2.45, 2.75) is 0 Å². The number of para-hydroxylation sites is 1. The summed E-state index contributed by atoms with van der Waals surface area (Å²) in [5.74, 6) is 0.264. The molecule has 0 unspecified atom stereocenters. The summed E-state index contributed by atoms with van der Waals surface area (Å²) in [6, 6.07) is 21.2. The molecule has 0 aliphatic carbocycles. The number of nitrogens with zero attached hydrogens (tertiary/aromatic N) is 1. The molecule has 1 heterocycles. The highest BCUT2D eigenvalue weighted by atomic mass is 16.3. The van der Waals surface area contributed by atoms with Gasteiger partial charge < -0.3 is 5.11 Å². The predicted molar refractivity (Wildman–Crippen MR) is 86.7 cm³/mol. The van der Waals surface area contributed by atoms with Crippen molar-refractivity contribution in [2.24, 2.45) is 0 Å². The lowest BCUT2D eigenvalue weighted by atomic mass is 10.0. The third kappa shape index (κ3) is 3.00. The summed E-state index contributed by atoms with van der Waals surface area (Å²) in [6.45, 7) is 0. The van der Waals surface area contributed by atoms with Gasteiger partial charge in [0.15, 0.2) is 0 Å². The highest BCUT2D eigenvalue weighted by molar-refractivity contribution is 5.81. The Kier molecular flexibility index (Phi) is 3.79. The lowest BCUT2D eigenvalue weighted by Crippen LogP contribution is -1.87. The maximum Gasteiger partial charge on any atom is 0.123 e. The molecule has 1 N–H and O–H groups in total. The molecule has 0 bridgehead atoms. The molecule has 0 aliphatic rings. The van der Waals surface area contributed by atoms with Gasteiger partial charge in [0, 0.05) is 17.3 Å². The molecule has 0 spiro atoms. The van der Waals surface area contributed by atoms with Crippen molar-refractivity contribution >= 4 is 12.2 Å². The van der Waals surface area contributed by atoms with Crippen LogP contribution < -0.4 is 0 Å². The van der Waals surface area contributed by atoms with E-state index in [2.05, 4.69) is 4.98 Å². The van der Waals surface area contributed by atoms with Gasteiger partial charge in [0.2, 0.25) is 0 Å². The standard InChI is InChI=1S/C19H15NO/c21-19-11-5-4-9-17(19)16-10-6-14-20-18(16)13-12-15-7-2-1-3-8-15/h1-14,21H. The van der Waals surface area contributed by atoms with Crippen molar-refractivity contribution in [1.29, 1.82) is 0 Å². The molecular weight excluding hydrogens is 258 g/mol. The summed E-state index contributed by atoms with van der Waals surface area (Å²) < 4.78 is 0. The Morgan fingerprint density at radius 2 is 1.43 bits per heavy atom. The van der Waals surface area contributed by atoms with E-state index in [0.29, 0.717) is 0 Å². The Balaban J connectivity index is 2.01. The molecule has 0 saturated heterocycles. The molecule has 0 amide bonds. The quantitative estimate of drug-likeness (QED) is 0.755. The molecular formula is C19H15NO. The number of hydrogen-bond acceptors (Lipinski definition) is 2. The van der Waals surface area contributed by atoms with Gasteiger partial charge in [-0.2, -0.15) is 0 Å². The SMILES string of the molecule is Oc1ccccc1-c1cccnc1C=Cc1ccccc1. The maximum absolute atomic E-state index is 10.0. The van der Waals surface area contributed by atoms with E-state index in [1.54, 1.807) is 12.3 Å². The van der Waals surface area contributed by atoms with E-state index in [1.165, 1.54) is 0 Å². The summed E-state index contributed by atoms with van der Waals surface area (Å²) in [4.78, 5) is 4.41. The van der Waals surface area contributed by atoms with Gasteiger partial charge in [-0.25, -0.2) is 0 Å². The summed E-state index contributed by atoms with van der Waals surface area (Å²) >= 11 is 0. The zero-order chi connectivity index (χ0) is 14.5. The van der Waals surface area contributed by atoms with Crippen molar-refractivity contribution in [3.8, 4) is 16.9 Å². The molecule has 3 aromatic rings. The van der Waals surface area contributed by atoms with Gasteiger partial charge in [-0.3, -0.25) is 4.98 Å². The molecule has 0 saturated carbocycles. The number of phenolic OH excluding ortho intramolecular Hbond substituents is 1. The monoisotopic (exact) mass is 273 g/mol. The lowest BCUT2D eigenvalue weighted by Gasteiger charge is -2.07. The Morgan fingerprint density at radius 1 is 0.714 bits per heavy atom. The third-order valence-electron chi connectivity index (χ3n) is 3.27. The van der Waals surface area contributed by atoms with Gasteiger partial charge in [-0.1, -0.05) is 60.7 Å². The highest BCUT2D eigenvalue weighted by Crippen LogP contribution is 2.31. The first-order valence-corrected chi connectivity index (χ1v) is 6.81. The first kappa shape index (κ1) is 13.1. The third-order valence-corrected chi connectivity index (χ3v) is 3.27. The molecule has 1 aromatic heterocycles. The minimum atomic E-state index is 0.264. The summed E-state index contributed by atoms with van der Waals surface area (Å²) in [5.41, 5.74) is 3.66. The molecule has 2 nitrogen and oxygen atoms in total. The second-order valence-electron chi connectivity index (χ2n) is 4.70. The van der Waals surface area contributed by atoms with Gasteiger partial charge in [0.1, 0.15) is 5.75 Å². The molecule has 0 aliphatic heterocycles. The van der Waals surface area contributed by atoms with E-state index in [4.69, 9.17) is 0 Å². The number of pyridine rings is 1. The second kappa shape index (κ2) is 6.06. The number of aromatic nitrogens is 1. The summed E-state index contributed by atoms with van der Waals surface area (Å²) in [6.07, 6.45) is 5.75. The molecule has 0 fully saturated rings. The normalized spacial score (nSPS) is 10.9. The number of rotatable bonds is 3. The first-order valence-electron chi connectivity index (χ1n) is 6.81. The van der Waals surface area contributed by atoms with Crippen LogP contribution in [0.25, 0.3) is 23.3 Å². The topological polar surface area (TPSA) is 33.1 Å². The molecule has 21 heavy (non-hydrogen) atoms. The summed E-state index contributed by atoms with van der Waals surface area (Å²) in [7, 11) is 0. The predicted octanol–water partition coefficient (Wildman–Crippen LogP) is 4.62. The fraction of sp³-hybridized carbons (Fsp3) is 0. The van der Waals surface area contributed by atoms with Gasteiger partial charge >= 0.3 is 0 Å². The largest absolute Gasteiger partial charge is 0.507 e. The number of benzene rings is 2. The van der Waals surface area contributed by atoms with Crippen molar-refractivity contribution in [3.63, 3.8) is 0 Å². The van der Waals surface area contributed by atoms with Crippen LogP contribution in [0.1, 0.15) is 11.3 Å². The zero-order valence-electron chi connectivity index (χ0n) is 11.5. The van der Waals surface area contributed by atoms with Crippen LogP contribution in [0.3, 0.4) is 0 Å². The van der Waals surface area contributed by atoms with Crippen LogP contribution in [0, 0.1) is 0 Å². The van der Waals surface area contributed by atoms with E-state index >= 15 is 0 Å². The Morgan fingerprint density at radius 3 is 2.24 bits per heavy atom. The average molecular weight is 273 g/mol. The smallest absolute Gasteiger partial charge is 0.123 e. The number of aromatic hydroxyl groups is 1. The van der Waals surface area contributed by atoms with Crippen LogP contribution in [-0.4, -0.2) is 10.1 Å². The van der Waals surface area contributed by atoms with Gasteiger partial charge in [-0.05, 0) is 23.8 Å². The van der Waals surface area contributed by atoms with Crippen molar-refractivity contribution in [2.75, 3.05) is 0 Å². The fourth-order valence-electron chi connectivity index (χ4n) is 2.22. The minimum Gasteiger partial charge on any atom is -0.507 e. The number of hydrogen-bond donors (Lipinski definition) is 1. The van der Waals surface area contributed by atoms with E-state index in [-0.39, 0.29) is 5.75 Å². The number of phenols is 1. The van der Waals surface area contributed by atoms with Crippen molar-refractivity contribution in [3.05, 3.63) is 84.2 Å².